The standard InChI is InChI=1S/C18H15F2N3O2S/c19-13-6-5-11(9-14(13)20)18(24)23-7-1-3-12(10-23)17-21-16(22-25-17)15-4-2-8-26-15/h2,4-6,8-9,12H,1,3,7,10H2/t12-/m0/s1. The number of amides is 1. The third kappa shape index (κ3) is 3.24. The number of nitrogens with zero attached hydrogens (tertiary/aromatic N) is 3. The molecule has 1 aliphatic heterocycles. The van der Waals surface area contributed by atoms with Crippen LogP contribution in [0.3, 0.4) is 0 Å². The van der Waals surface area contributed by atoms with Crippen LogP contribution < -0.4 is 0 Å². The molecule has 134 valence electrons. The van der Waals surface area contributed by atoms with Gasteiger partial charge >= 0.3 is 0 Å². The maximum absolute atomic E-state index is 13.4. The van der Waals surface area contributed by atoms with Crippen molar-refractivity contribution >= 4 is 17.2 Å². The second kappa shape index (κ2) is 6.95. The van der Waals surface area contributed by atoms with E-state index in [0.717, 1.165) is 29.9 Å². The minimum atomic E-state index is -1.03. The molecule has 3 aromatic rings. The molecule has 0 unspecified atom stereocenters. The molecule has 0 aliphatic carbocycles. The van der Waals surface area contributed by atoms with Crippen LogP contribution in [0.25, 0.3) is 10.7 Å². The predicted molar refractivity (Wildman–Crippen MR) is 91.8 cm³/mol. The van der Waals surface area contributed by atoms with Gasteiger partial charge < -0.3 is 9.42 Å². The van der Waals surface area contributed by atoms with Crippen LogP contribution in [0.2, 0.25) is 0 Å². The largest absolute Gasteiger partial charge is 0.339 e. The van der Waals surface area contributed by atoms with E-state index in [0.29, 0.717) is 24.8 Å². The summed E-state index contributed by atoms with van der Waals surface area (Å²) in [6.45, 7) is 0.962. The molecule has 1 aliphatic rings. The van der Waals surface area contributed by atoms with E-state index in [2.05, 4.69) is 10.1 Å². The molecule has 0 saturated carbocycles. The average Bonchev–Trinajstić information content (AvgIpc) is 3.35. The zero-order valence-electron chi connectivity index (χ0n) is 13.7. The fourth-order valence-corrected chi connectivity index (χ4v) is 3.73. The summed E-state index contributed by atoms with van der Waals surface area (Å²) in [6.07, 6.45) is 1.60. The van der Waals surface area contributed by atoms with Crippen molar-refractivity contribution in [2.24, 2.45) is 0 Å². The lowest BCUT2D eigenvalue weighted by Gasteiger charge is -2.31. The molecule has 1 aromatic carbocycles. The van der Waals surface area contributed by atoms with Crippen molar-refractivity contribution in [2.45, 2.75) is 18.8 Å². The summed E-state index contributed by atoms with van der Waals surface area (Å²) in [6, 6.07) is 7.03. The van der Waals surface area contributed by atoms with Crippen molar-refractivity contribution in [3.05, 3.63) is 58.8 Å². The number of aromatic nitrogens is 2. The van der Waals surface area contributed by atoms with Gasteiger partial charge in [0.1, 0.15) is 0 Å². The summed E-state index contributed by atoms with van der Waals surface area (Å²) < 4.78 is 31.9. The Balaban J connectivity index is 1.50. The van der Waals surface area contributed by atoms with Crippen molar-refractivity contribution in [1.82, 2.24) is 15.0 Å². The first-order valence-electron chi connectivity index (χ1n) is 8.23. The van der Waals surface area contributed by atoms with Gasteiger partial charge in [-0.1, -0.05) is 11.2 Å². The number of carbonyl (C=O) groups excluding carboxylic acids is 1. The second-order valence-corrected chi connectivity index (χ2v) is 7.10. The molecule has 0 N–H and O–H groups in total. The topological polar surface area (TPSA) is 59.2 Å². The molecule has 3 heterocycles. The molecular weight excluding hydrogens is 360 g/mol. The molecular formula is C18H15F2N3O2S. The first-order chi connectivity index (χ1) is 12.6. The molecule has 1 saturated heterocycles. The van der Waals surface area contributed by atoms with Crippen LogP contribution in [-0.2, 0) is 0 Å². The number of halogens is 2. The van der Waals surface area contributed by atoms with Crippen molar-refractivity contribution in [1.29, 1.82) is 0 Å². The van der Waals surface area contributed by atoms with Gasteiger partial charge in [-0.05, 0) is 42.5 Å². The molecule has 1 amide bonds. The van der Waals surface area contributed by atoms with Gasteiger partial charge in [0, 0.05) is 18.7 Å². The summed E-state index contributed by atoms with van der Waals surface area (Å²) in [5.74, 6) is -1.35. The van der Waals surface area contributed by atoms with Crippen LogP contribution in [-0.4, -0.2) is 34.0 Å². The van der Waals surface area contributed by atoms with E-state index in [1.54, 1.807) is 4.90 Å². The number of carbonyl (C=O) groups is 1. The molecule has 2 aromatic heterocycles. The summed E-state index contributed by atoms with van der Waals surface area (Å²) in [5, 5.41) is 5.95. The van der Waals surface area contributed by atoms with E-state index in [-0.39, 0.29) is 17.4 Å². The van der Waals surface area contributed by atoms with Gasteiger partial charge in [-0.2, -0.15) is 4.98 Å². The van der Waals surface area contributed by atoms with Crippen LogP contribution in [0.15, 0.2) is 40.2 Å². The number of likely N-dealkylation sites (tertiary alicyclic amines) is 1. The summed E-state index contributed by atoms with van der Waals surface area (Å²) in [5.41, 5.74) is 0.134. The van der Waals surface area contributed by atoms with Crippen molar-refractivity contribution in [3.8, 4) is 10.7 Å². The van der Waals surface area contributed by atoms with Gasteiger partial charge in [0.05, 0.1) is 10.8 Å². The number of thiophene rings is 1. The lowest BCUT2D eigenvalue weighted by atomic mass is 9.97. The van der Waals surface area contributed by atoms with Crippen molar-refractivity contribution < 1.29 is 18.1 Å². The van der Waals surface area contributed by atoms with Gasteiger partial charge in [-0.25, -0.2) is 8.78 Å². The van der Waals surface area contributed by atoms with Gasteiger partial charge in [0.15, 0.2) is 11.6 Å². The number of rotatable bonds is 3. The van der Waals surface area contributed by atoms with Gasteiger partial charge in [0.25, 0.3) is 5.91 Å². The van der Waals surface area contributed by atoms with Crippen LogP contribution in [0.1, 0.15) is 35.0 Å². The van der Waals surface area contributed by atoms with Crippen molar-refractivity contribution in [3.63, 3.8) is 0 Å². The third-order valence-corrected chi connectivity index (χ3v) is 5.27. The highest BCUT2D eigenvalue weighted by atomic mass is 32.1. The van der Waals surface area contributed by atoms with E-state index in [9.17, 15) is 13.6 Å². The SMILES string of the molecule is O=C(c1ccc(F)c(F)c1)N1CCC[C@H](c2nc(-c3cccs3)no2)C1. The molecule has 0 radical (unpaired) electrons. The van der Waals surface area contributed by atoms with E-state index in [1.165, 1.54) is 17.4 Å². The van der Waals surface area contributed by atoms with Crippen LogP contribution in [0.5, 0.6) is 0 Å². The van der Waals surface area contributed by atoms with Crippen LogP contribution in [0.4, 0.5) is 8.78 Å². The summed E-state index contributed by atoms with van der Waals surface area (Å²) in [4.78, 5) is 19.6. The number of piperidine rings is 1. The van der Waals surface area contributed by atoms with E-state index >= 15 is 0 Å². The summed E-state index contributed by atoms with van der Waals surface area (Å²) in [7, 11) is 0. The quantitative estimate of drug-likeness (QED) is 0.692. The highest BCUT2D eigenvalue weighted by Gasteiger charge is 2.29. The zero-order chi connectivity index (χ0) is 18.1. The minimum Gasteiger partial charge on any atom is -0.339 e. The fourth-order valence-electron chi connectivity index (χ4n) is 3.08. The predicted octanol–water partition coefficient (Wildman–Crippen LogP) is 4.10. The Hall–Kier alpha value is -2.61. The number of hydrogen-bond donors (Lipinski definition) is 0. The number of benzene rings is 1. The molecule has 8 heteroatoms. The van der Waals surface area contributed by atoms with E-state index < -0.39 is 11.6 Å². The van der Waals surface area contributed by atoms with Crippen LogP contribution in [0, 0.1) is 11.6 Å². The first-order valence-corrected chi connectivity index (χ1v) is 9.11. The van der Waals surface area contributed by atoms with E-state index in [1.807, 2.05) is 17.5 Å². The molecule has 5 nitrogen and oxygen atoms in total. The Morgan fingerprint density at radius 2 is 2.15 bits per heavy atom. The Kier molecular flexibility index (Phi) is 4.50. The highest BCUT2D eigenvalue weighted by Crippen LogP contribution is 2.29. The van der Waals surface area contributed by atoms with Crippen LogP contribution >= 0.6 is 11.3 Å². The lowest BCUT2D eigenvalue weighted by molar-refractivity contribution is 0.0695. The van der Waals surface area contributed by atoms with Gasteiger partial charge in [-0.3, -0.25) is 4.79 Å². The minimum absolute atomic E-state index is 0.0702. The van der Waals surface area contributed by atoms with E-state index in [4.69, 9.17) is 4.52 Å². The Labute approximate surface area is 152 Å². The normalized spacial score (nSPS) is 17.5. The van der Waals surface area contributed by atoms with Gasteiger partial charge in [0.2, 0.25) is 11.7 Å². The first kappa shape index (κ1) is 16.8. The Morgan fingerprint density at radius 1 is 1.27 bits per heavy atom. The maximum Gasteiger partial charge on any atom is 0.253 e. The number of hydrogen-bond acceptors (Lipinski definition) is 5. The summed E-state index contributed by atoms with van der Waals surface area (Å²) >= 11 is 1.53. The zero-order valence-corrected chi connectivity index (χ0v) is 14.5. The molecule has 0 bridgehead atoms. The maximum atomic E-state index is 13.4. The Bertz CT molecular complexity index is 926. The monoisotopic (exact) mass is 375 g/mol. The van der Waals surface area contributed by atoms with Crippen molar-refractivity contribution in [2.75, 3.05) is 13.1 Å². The fraction of sp³-hybridized carbons (Fsp3) is 0.278. The molecule has 1 atom stereocenters. The van der Waals surface area contributed by atoms with Gasteiger partial charge in [-0.15, -0.1) is 11.3 Å². The third-order valence-electron chi connectivity index (χ3n) is 4.41. The molecule has 1 fully saturated rings. The highest BCUT2D eigenvalue weighted by molar-refractivity contribution is 7.13. The average molecular weight is 375 g/mol. The Morgan fingerprint density at radius 3 is 2.92 bits per heavy atom. The second-order valence-electron chi connectivity index (χ2n) is 6.15. The molecule has 0 spiro atoms. The molecule has 4 rings (SSSR count). The lowest BCUT2D eigenvalue weighted by Crippen LogP contribution is -2.39. The smallest absolute Gasteiger partial charge is 0.253 e. The molecule has 26 heavy (non-hydrogen) atoms.